The van der Waals surface area contributed by atoms with E-state index in [0.717, 1.165) is 53.9 Å². The van der Waals surface area contributed by atoms with E-state index < -0.39 is 5.97 Å². The highest BCUT2D eigenvalue weighted by atomic mass is 32.1. The van der Waals surface area contributed by atoms with E-state index in [1.165, 1.54) is 17.4 Å². The first-order chi connectivity index (χ1) is 13.1. The molecule has 5 nitrogen and oxygen atoms in total. The lowest BCUT2D eigenvalue weighted by molar-refractivity contribution is -0.111. The minimum absolute atomic E-state index is 0.253. The number of para-hydroxylation sites is 1. The predicted molar refractivity (Wildman–Crippen MR) is 108 cm³/mol. The van der Waals surface area contributed by atoms with Crippen molar-refractivity contribution in [3.8, 4) is 5.75 Å². The van der Waals surface area contributed by atoms with Crippen molar-refractivity contribution in [2.75, 3.05) is 11.9 Å². The molecule has 27 heavy (non-hydrogen) atoms. The Kier molecular flexibility index (Phi) is 6.29. The Morgan fingerprint density at radius 2 is 2.04 bits per heavy atom. The number of aryl methyl sites for hydroxylation is 1. The zero-order valence-corrected chi connectivity index (χ0v) is 16.1. The third kappa shape index (κ3) is 4.57. The molecule has 6 heteroatoms. The molecule has 0 fully saturated rings. The Morgan fingerprint density at radius 1 is 1.26 bits per heavy atom. The molecule has 2 aromatic rings. The predicted octanol–water partition coefficient (Wildman–Crippen LogP) is 4.77. The minimum Gasteiger partial charge on any atom is -0.493 e. The van der Waals surface area contributed by atoms with E-state index >= 15 is 0 Å². The van der Waals surface area contributed by atoms with Gasteiger partial charge >= 0.3 is 5.97 Å². The number of rotatable bonds is 7. The number of nitrogens with one attached hydrogen (secondary N) is 1. The van der Waals surface area contributed by atoms with Crippen molar-refractivity contribution in [1.29, 1.82) is 0 Å². The topological polar surface area (TPSA) is 75.6 Å². The van der Waals surface area contributed by atoms with E-state index in [1.807, 2.05) is 31.2 Å². The van der Waals surface area contributed by atoms with E-state index in [0.29, 0.717) is 11.6 Å². The standard InChI is InChI=1S/C21H23NO4S/c1-2-13-26-16-9-5-3-7-14(16)11-12-18(23)22-20-19(21(24)25)15-8-4-6-10-17(15)27-20/h3,5,7,9,11-12H,2,4,6,8,10,13H2,1H3,(H,22,23)(H,24,25)/b12-11+. The number of thiophene rings is 1. The van der Waals surface area contributed by atoms with Crippen LogP contribution in [0.5, 0.6) is 5.75 Å². The molecule has 0 radical (unpaired) electrons. The van der Waals surface area contributed by atoms with Crippen molar-refractivity contribution in [3.63, 3.8) is 0 Å². The molecule has 2 N–H and O–H groups in total. The second kappa shape index (κ2) is 8.86. The maximum atomic E-state index is 12.4. The Balaban J connectivity index is 1.76. The first kappa shape index (κ1) is 19.2. The summed E-state index contributed by atoms with van der Waals surface area (Å²) in [7, 11) is 0. The summed E-state index contributed by atoms with van der Waals surface area (Å²) >= 11 is 1.38. The minimum atomic E-state index is -0.980. The van der Waals surface area contributed by atoms with Gasteiger partial charge < -0.3 is 15.2 Å². The van der Waals surface area contributed by atoms with Gasteiger partial charge in [0.15, 0.2) is 0 Å². The molecule has 0 spiro atoms. The van der Waals surface area contributed by atoms with Crippen LogP contribution >= 0.6 is 11.3 Å². The van der Waals surface area contributed by atoms with Gasteiger partial charge in [0.05, 0.1) is 12.2 Å². The van der Waals surface area contributed by atoms with E-state index in [2.05, 4.69) is 5.32 Å². The van der Waals surface area contributed by atoms with Gasteiger partial charge in [0.25, 0.3) is 0 Å². The number of aromatic carboxylic acids is 1. The molecule has 0 bridgehead atoms. The number of anilines is 1. The fraction of sp³-hybridized carbons (Fsp3) is 0.333. The fourth-order valence-electron chi connectivity index (χ4n) is 3.16. The van der Waals surface area contributed by atoms with Gasteiger partial charge in [0.2, 0.25) is 5.91 Å². The molecule has 1 amide bonds. The van der Waals surface area contributed by atoms with Crippen LogP contribution in [0.25, 0.3) is 6.08 Å². The van der Waals surface area contributed by atoms with Crippen LogP contribution in [0.4, 0.5) is 5.00 Å². The summed E-state index contributed by atoms with van der Waals surface area (Å²) in [6, 6.07) is 7.51. The van der Waals surface area contributed by atoms with Crippen molar-refractivity contribution in [1.82, 2.24) is 0 Å². The average molecular weight is 385 g/mol. The molecule has 1 aromatic heterocycles. The van der Waals surface area contributed by atoms with E-state index in [1.54, 1.807) is 6.08 Å². The highest BCUT2D eigenvalue weighted by Gasteiger charge is 2.25. The maximum absolute atomic E-state index is 12.4. The lowest BCUT2D eigenvalue weighted by Gasteiger charge is -2.10. The second-order valence-corrected chi connectivity index (χ2v) is 7.53. The summed E-state index contributed by atoms with van der Waals surface area (Å²) in [6.07, 6.45) is 7.71. The molecule has 1 aliphatic carbocycles. The van der Waals surface area contributed by atoms with Crippen LogP contribution in [-0.2, 0) is 17.6 Å². The molecular formula is C21H23NO4S. The van der Waals surface area contributed by atoms with Gasteiger partial charge in [-0.25, -0.2) is 4.79 Å². The van der Waals surface area contributed by atoms with Crippen LogP contribution in [-0.4, -0.2) is 23.6 Å². The van der Waals surface area contributed by atoms with Crippen LogP contribution < -0.4 is 10.1 Å². The third-order valence-electron chi connectivity index (χ3n) is 4.42. The number of amides is 1. The van der Waals surface area contributed by atoms with Gasteiger partial charge in [-0.05, 0) is 49.8 Å². The zero-order chi connectivity index (χ0) is 19.2. The van der Waals surface area contributed by atoms with Crippen LogP contribution in [0.3, 0.4) is 0 Å². The molecule has 0 unspecified atom stereocenters. The van der Waals surface area contributed by atoms with Gasteiger partial charge in [-0.3, -0.25) is 4.79 Å². The number of carboxylic acids is 1. The van der Waals surface area contributed by atoms with Gasteiger partial charge in [-0.2, -0.15) is 0 Å². The van der Waals surface area contributed by atoms with Gasteiger partial charge in [0, 0.05) is 16.5 Å². The van der Waals surface area contributed by atoms with Crippen molar-refractivity contribution >= 4 is 34.3 Å². The Bertz CT molecular complexity index is 869. The van der Waals surface area contributed by atoms with Gasteiger partial charge in [-0.1, -0.05) is 25.1 Å². The number of hydrogen-bond acceptors (Lipinski definition) is 4. The van der Waals surface area contributed by atoms with E-state index in [9.17, 15) is 14.7 Å². The van der Waals surface area contributed by atoms with E-state index in [-0.39, 0.29) is 11.5 Å². The first-order valence-electron chi connectivity index (χ1n) is 9.19. The van der Waals surface area contributed by atoms with Crippen molar-refractivity contribution in [2.24, 2.45) is 0 Å². The van der Waals surface area contributed by atoms with Crippen molar-refractivity contribution < 1.29 is 19.4 Å². The molecule has 1 aromatic carbocycles. The SMILES string of the molecule is CCCOc1ccccc1/C=C/C(=O)Nc1sc2c(c1C(=O)O)CCCC2. The fourth-order valence-corrected chi connectivity index (χ4v) is 4.45. The third-order valence-corrected chi connectivity index (χ3v) is 5.62. The van der Waals surface area contributed by atoms with Crippen LogP contribution in [0, 0.1) is 0 Å². The molecule has 0 saturated carbocycles. The molecule has 0 aliphatic heterocycles. The maximum Gasteiger partial charge on any atom is 0.339 e. The molecule has 1 aliphatic rings. The summed E-state index contributed by atoms with van der Waals surface area (Å²) in [5, 5.41) is 12.8. The molecular weight excluding hydrogens is 362 g/mol. The quantitative estimate of drug-likeness (QED) is 0.674. The molecule has 0 atom stereocenters. The number of carbonyl (C=O) groups excluding carboxylic acids is 1. The molecule has 142 valence electrons. The Morgan fingerprint density at radius 3 is 2.81 bits per heavy atom. The number of ether oxygens (including phenoxy) is 1. The van der Waals surface area contributed by atoms with Crippen molar-refractivity contribution in [2.45, 2.75) is 39.0 Å². The lowest BCUT2D eigenvalue weighted by atomic mass is 9.95. The molecule has 3 rings (SSSR count). The number of carboxylic acid groups (broad SMARTS) is 1. The summed E-state index contributed by atoms with van der Waals surface area (Å²) in [6.45, 7) is 2.65. The van der Waals surface area contributed by atoms with E-state index in [4.69, 9.17) is 4.74 Å². The zero-order valence-electron chi connectivity index (χ0n) is 15.3. The average Bonchev–Trinajstić information content (AvgIpc) is 3.03. The lowest BCUT2D eigenvalue weighted by Crippen LogP contribution is -2.11. The summed E-state index contributed by atoms with van der Waals surface area (Å²) in [4.78, 5) is 25.1. The normalized spacial score (nSPS) is 13.4. The number of fused-ring (bicyclic) bond motifs is 1. The molecule has 0 saturated heterocycles. The second-order valence-electron chi connectivity index (χ2n) is 6.43. The van der Waals surface area contributed by atoms with Crippen LogP contribution in [0.1, 0.15) is 52.5 Å². The number of carbonyl (C=O) groups is 2. The summed E-state index contributed by atoms with van der Waals surface area (Å²) in [5.74, 6) is -0.602. The van der Waals surface area contributed by atoms with Crippen molar-refractivity contribution in [3.05, 3.63) is 51.9 Å². The highest BCUT2D eigenvalue weighted by Crippen LogP contribution is 2.38. The smallest absolute Gasteiger partial charge is 0.339 e. The molecule has 1 heterocycles. The van der Waals surface area contributed by atoms with Crippen LogP contribution in [0.15, 0.2) is 30.3 Å². The number of hydrogen-bond donors (Lipinski definition) is 2. The largest absolute Gasteiger partial charge is 0.493 e. The Labute approximate surface area is 162 Å². The summed E-state index contributed by atoms with van der Waals surface area (Å²) in [5.41, 5.74) is 1.95. The summed E-state index contributed by atoms with van der Waals surface area (Å²) < 4.78 is 5.68. The monoisotopic (exact) mass is 385 g/mol. The van der Waals surface area contributed by atoms with Crippen LogP contribution in [0.2, 0.25) is 0 Å². The first-order valence-corrected chi connectivity index (χ1v) is 10.0. The Hall–Kier alpha value is -2.60. The number of benzene rings is 1. The highest BCUT2D eigenvalue weighted by molar-refractivity contribution is 7.17. The van der Waals surface area contributed by atoms with Gasteiger partial charge in [0.1, 0.15) is 10.8 Å². The van der Waals surface area contributed by atoms with Gasteiger partial charge in [-0.15, -0.1) is 11.3 Å².